The molecule has 0 fully saturated rings. The molecule has 0 bridgehead atoms. The summed E-state index contributed by atoms with van der Waals surface area (Å²) >= 11 is 0. The fourth-order valence-corrected chi connectivity index (χ4v) is 1.85. The molecule has 100 valence electrons. The smallest absolute Gasteiger partial charge is 0.338 e. The van der Waals surface area contributed by atoms with E-state index in [9.17, 15) is 9.59 Å². The fourth-order valence-electron chi connectivity index (χ4n) is 1.85. The van der Waals surface area contributed by atoms with Crippen LogP contribution in [0.2, 0.25) is 0 Å². The van der Waals surface area contributed by atoms with Crippen LogP contribution in [-0.4, -0.2) is 30.6 Å². The van der Waals surface area contributed by atoms with Crippen LogP contribution >= 0.6 is 0 Å². The first-order valence-corrected chi connectivity index (χ1v) is 5.90. The summed E-state index contributed by atoms with van der Waals surface area (Å²) in [5.74, 6) is -0.441. The molecule has 6 heteroatoms. The maximum absolute atomic E-state index is 11.7. The van der Waals surface area contributed by atoms with Gasteiger partial charge in [0.25, 0.3) is 0 Å². The van der Waals surface area contributed by atoms with E-state index >= 15 is 0 Å². The molecule has 2 rings (SSSR count). The predicted molar refractivity (Wildman–Crippen MR) is 72.3 cm³/mol. The van der Waals surface area contributed by atoms with Crippen LogP contribution in [0.5, 0.6) is 0 Å². The molecule has 2 aromatic rings. The quantitative estimate of drug-likeness (QED) is 0.740. The van der Waals surface area contributed by atoms with Crippen LogP contribution in [0.4, 0.5) is 10.5 Å². The third kappa shape index (κ3) is 2.67. The molecule has 0 radical (unpaired) electrons. The number of hydrogen-bond donors (Lipinski definition) is 3. The first-order valence-electron chi connectivity index (χ1n) is 5.90. The SMILES string of the molecule is CCNC(=O)Nc1cc(C(=O)OC)c2cc[nH]c2c1. The summed E-state index contributed by atoms with van der Waals surface area (Å²) in [5.41, 5.74) is 1.70. The summed E-state index contributed by atoms with van der Waals surface area (Å²) in [6.07, 6.45) is 1.73. The molecule has 19 heavy (non-hydrogen) atoms. The molecule has 0 aliphatic heterocycles. The number of carbonyl (C=O) groups excluding carboxylic acids is 2. The molecule has 0 atom stereocenters. The summed E-state index contributed by atoms with van der Waals surface area (Å²) in [7, 11) is 1.32. The summed E-state index contributed by atoms with van der Waals surface area (Å²) < 4.78 is 4.74. The second-order valence-corrected chi connectivity index (χ2v) is 3.94. The highest BCUT2D eigenvalue weighted by molar-refractivity contribution is 6.06. The summed E-state index contributed by atoms with van der Waals surface area (Å²) in [6.45, 7) is 2.36. The van der Waals surface area contributed by atoms with Crippen LogP contribution in [0, 0.1) is 0 Å². The zero-order valence-corrected chi connectivity index (χ0v) is 10.7. The van der Waals surface area contributed by atoms with Gasteiger partial charge in [-0.15, -0.1) is 0 Å². The molecule has 1 aromatic heterocycles. The summed E-state index contributed by atoms with van der Waals surface area (Å²) in [5, 5.41) is 6.05. The molecule has 1 heterocycles. The monoisotopic (exact) mass is 261 g/mol. The van der Waals surface area contributed by atoms with Gasteiger partial charge in [0.05, 0.1) is 12.7 Å². The van der Waals surface area contributed by atoms with Crippen LogP contribution in [0.3, 0.4) is 0 Å². The van der Waals surface area contributed by atoms with Gasteiger partial charge < -0.3 is 20.4 Å². The first kappa shape index (κ1) is 12.9. The third-order valence-electron chi connectivity index (χ3n) is 2.67. The summed E-state index contributed by atoms with van der Waals surface area (Å²) in [4.78, 5) is 26.2. The number of amides is 2. The van der Waals surface area contributed by atoms with Gasteiger partial charge in [-0.05, 0) is 25.1 Å². The van der Waals surface area contributed by atoms with E-state index in [4.69, 9.17) is 4.74 Å². The number of urea groups is 1. The zero-order chi connectivity index (χ0) is 13.8. The highest BCUT2D eigenvalue weighted by Gasteiger charge is 2.13. The molecular formula is C13H15N3O3. The van der Waals surface area contributed by atoms with E-state index in [2.05, 4.69) is 15.6 Å². The number of carbonyl (C=O) groups is 2. The van der Waals surface area contributed by atoms with E-state index in [0.717, 1.165) is 10.9 Å². The molecule has 0 aliphatic rings. The van der Waals surface area contributed by atoms with Crippen molar-refractivity contribution in [2.24, 2.45) is 0 Å². The molecule has 6 nitrogen and oxygen atoms in total. The number of esters is 1. The molecule has 1 aromatic carbocycles. The zero-order valence-electron chi connectivity index (χ0n) is 10.7. The Morgan fingerprint density at radius 1 is 1.37 bits per heavy atom. The van der Waals surface area contributed by atoms with Crippen molar-refractivity contribution >= 4 is 28.6 Å². The molecule has 0 saturated heterocycles. The minimum Gasteiger partial charge on any atom is -0.465 e. The Kier molecular flexibility index (Phi) is 3.70. The van der Waals surface area contributed by atoms with Gasteiger partial charge in [-0.2, -0.15) is 0 Å². The summed E-state index contributed by atoms with van der Waals surface area (Å²) in [6, 6.07) is 4.83. The van der Waals surface area contributed by atoms with Gasteiger partial charge in [0.2, 0.25) is 0 Å². The van der Waals surface area contributed by atoms with Gasteiger partial charge in [0.1, 0.15) is 0 Å². The van der Waals surface area contributed by atoms with Crippen LogP contribution in [0.25, 0.3) is 10.9 Å². The number of ether oxygens (including phenoxy) is 1. The third-order valence-corrected chi connectivity index (χ3v) is 2.67. The minimum absolute atomic E-state index is 0.316. The van der Waals surface area contributed by atoms with E-state index in [1.54, 1.807) is 24.4 Å². The van der Waals surface area contributed by atoms with Gasteiger partial charge in [0.15, 0.2) is 0 Å². The van der Waals surface area contributed by atoms with Gasteiger partial charge in [-0.3, -0.25) is 0 Å². The highest BCUT2D eigenvalue weighted by atomic mass is 16.5. The highest BCUT2D eigenvalue weighted by Crippen LogP contribution is 2.23. The molecule has 0 saturated carbocycles. The number of H-pyrrole nitrogens is 1. The van der Waals surface area contributed by atoms with E-state index in [1.165, 1.54) is 7.11 Å². The van der Waals surface area contributed by atoms with Crippen LogP contribution in [0.15, 0.2) is 24.4 Å². The molecule has 0 unspecified atom stereocenters. The lowest BCUT2D eigenvalue weighted by atomic mass is 10.1. The van der Waals surface area contributed by atoms with E-state index < -0.39 is 5.97 Å². The number of methoxy groups -OCH3 is 1. The Morgan fingerprint density at radius 2 is 2.16 bits per heavy atom. The van der Waals surface area contributed by atoms with Crippen molar-refractivity contribution in [2.75, 3.05) is 19.0 Å². The van der Waals surface area contributed by atoms with Gasteiger partial charge in [0, 0.05) is 29.3 Å². The lowest BCUT2D eigenvalue weighted by molar-refractivity contribution is 0.0603. The Balaban J connectivity index is 2.40. The second kappa shape index (κ2) is 5.43. The average molecular weight is 261 g/mol. The molecule has 3 N–H and O–H groups in total. The van der Waals surface area contributed by atoms with Crippen molar-refractivity contribution in [3.63, 3.8) is 0 Å². The topological polar surface area (TPSA) is 83.2 Å². The molecule has 0 spiro atoms. The number of anilines is 1. The Hall–Kier alpha value is -2.50. The number of nitrogens with one attached hydrogen (secondary N) is 3. The van der Waals surface area contributed by atoms with Crippen LogP contribution in [-0.2, 0) is 4.74 Å². The lowest BCUT2D eigenvalue weighted by Gasteiger charge is -2.08. The Bertz CT molecular complexity index is 619. The fraction of sp³-hybridized carbons (Fsp3) is 0.231. The standard InChI is InChI=1S/C13H15N3O3/c1-3-14-13(18)16-8-6-10(12(17)19-2)9-4-5-15-11(9)7-8/h4-7,15H,3H2,1-2H3,(H2,14,16,18). The number of fused-ring (bicyclic) bond motifs is 1. The number of hydrogen-bond acceptors (Lipinski definition) is 3. The van der Waals surface area contributed by atoms with Crippen molar-refractivity contribution in [3.05, 3.63) is 30.0 Å². The molecule has 2 amide bonds. The maximum Gasteiger partial charge on any atom is 0.338 e. The Labute approximate surface area is 110 Å². The van der Waals surface area contributed by atoms with Crippen molar-refractivity contribution in [3.8, 4) is 0 Å². The van der Waals surface area contributed by atoms with Crippen LogP contribution in [0.1, 0.15) is 17.3 Å². The van der Waals surface area contributed by atoms with E-state index in [1.807, 2.05) is 6.92 Å². The molecular weight excluding hydrogens is 246 g/mol. The van der Waals surface area contributed by atoms with E-state index in [0.29, 0.717) is 17.8 Å². The maximum atomic E-state index is 11.7. The van der Waals surface area contributed by atoms with Gasteiger partial charge >= 0.3 is 12.0 Å². The number of benzene rings is 1. The van der Waals surface area contributed by atoms with Crippen molar-refractivity contribution in [2.45, 2.75) is 6.92 Å². The largest absolute Gasteiger partial charge is 0.465 e. The van der Waals surface area contributed by atoms with Gasteiger partial charge in [-0.25, -0.2) is 9.59 Å². The van der Waals surface area contributed by atoms with Crippen molar-refractivity contribution in [1.82, 2.24) is 10.3 Å². The predicted octanol–water partition coefficient (Wildman–Crippen LogP) is 2.10. The van der Waals surface area contributed by atoms with Crippen molar-refractivity contribution in [1.29, 1.82) is 0 Å². The second-order valence-electron chi connectivity index (χ2n) is 3.94. The average Bonchev–Trinajstić information content (AvgIpc) is 2.85. The first-order chi connectivity index (χ1) is 9.15. The number of aromatic amines is 1. The lowest BCUT2D eigenvalue weighted by Crippen LogP contribution is -2.28. The van der Waals surface area contributed by atoms with Crippen LogP contribution < -0.4 is 10.6 Å². The minimum atomic E-state index is -0.441. The number of rotatable bonds is 3. The van der Waals surface area contributed by atoms with Crippen molar-refractivity contribution < 1.29 is 14.3 Å². The molecule has 0 aliphatic carbocycles. The van der Waals surface area contributed by atoms with Gasteiger partial charge in [-0.1, -0.05) is 0 Å². The number of aromatic nitrogens is 1. The van der Waals surface area contributed by atoms with E-state index in [-0.39, 0.29) is 6.03 Å². The normalized spacial score (nSPS) is 10.2. The Morgan fingerprint density at radius 3 is 2.84 bits per heavy atom.